The van der Waals surface area contributed by atoms with Crippen LogP contribution < -0.4 is 4.72 Å². The second-order valence-corrected chi connectivity index (χ2v) is 9.16. The molecule has 1 N–H and O–H groups in total. The van der Waals surface area contributed by atoms with Crippen LogP contribution in [0.3, 0.4) is 0 Å². The van der Waals surface area contributed by atoms with Gasteiger partial charge in [-0.15, -0.1) is 0 Å². The van der Waals surface area contributed by atoms with E-state index >= 15 is 0 Å². The maximum absolute atomic E-state index is 12.8. The van der Waals surface area contributed by atoms with E-state index in [-0.39, 0.29) is 18.5 Å². The first kappa shape index (κ1) is 22.3. The van der Waals surface area contributed by atoms with E-state index in [1.165, 1.54) is 0 Å². The Kier molecular flexibility index (Phi) is 6.52. The van der Waals surface area contributed by atoms with Crippen LogP contribution in [-0.4, -0.2) is 31.8 Å². The highest BCUT2D eigenvalue weighted by atomic mass is 32.2. The van der Waals surface area contributed by atoms with Gasteiger partial charge in [-0.25, -0.2) is 13.1 Å². The van der Waals surface area contributed by atoms with Crippen molar-refractivity contribution in [1.82, 2.24) is 9.62 Å². The lowest BCUT2D eigenvalue weighted by Gasteiger charge is -2.33. The zero-order valence-electron chi connectivity index (χ0n) is 16.4. The highest BCUT2D eigenvalue weighted by Crippen LogP contribution is 2.30. The van der Waals surface area contributed by atoms with E-state index in [9.17, 15) is 26.4 Å². The number of carbonyl (C=O) groups excluding carboxylic acids is 1. The van der Waals surface area contributed by atoms with Crippen LogP contribution in [0.4, 0.5) is 13.2 Å². The monoisotopic (exact) mass is 440 g/mol. The second kappa shape index (κ2) is 8.77. The number of likely N-dealkylation sites (tertiary alicyclic amines) is 1. The highest BCUT2D eigenvalue weighted by molar-refractivity contribution is 7.89. The first-order valence-corrected chi connectivity index (χ1v) is 11.1. The number of piperidine rings is 1. The molecule has 162 valence electrons. The van der Waals surface area contributed by atoms with Crippen molar-refractivity contribution >= 4 is 15.9 Å². The van der Waals surface area contributed by atoms with Crippen molar-refractivity contribution in [3.05, 3.63) is 65.2 Å². The first-order chi connectivity index (χ1) is 14.1. The molecule has 30 heavy (non-hydrogen) atoms. The third-order valence-corrected chi connectivity index (χ3v) is 6.60. The van der Waals surface area contributed by atoms with Gasteiger partial charge in [0.15, 0.2) is 0 Å². The average Bonchev–Trinajstić information content (AvgIpc) is 2.72. The molecule has 0 spiro atoms. The molecule has 1 aliphatic heterocycles. The van der Waals surface area contributed by atoms with Gasteiger partial charge in [0, 0.05) is 24.7 Å². The molecule has 0 bridgehead atoms. The van der Waals surface area contributed by atoms with Crippen LogP contribution in [0.2, 0.25) is 0 Å². The van der Waals surface area contributed by atoms with Crippen molar-refractivity contribution in [2.75, 3.05) is 6.54 Å². The van der Waals surface area contributed by atoms with Crippen molar-refractivity contribution in [3.63, 3.8) is 0 Å². The average molecular weight is 440 g/mol. The largest absolute Gasteiger partial charge is 0.416 e. The summed E-state index contributed by atoms with van der Waals surface area (Å²) >= 11 is 0. The second-order valence-electron chi connectivity index (χ2n) is 7.39. The minimum absolute atomic E-state index is 0.0571. The molecule has 9 heteroatoms. The lowest BCUT2D eigenvalue weighted by Crippen LogP contribution is -2.42. The van der Waals surface area contributed by atoms with Crippen LogP contribution in [0.5, 0.6) is 0 Å². The molecule has 0 radical (unpaired) electrons. The molecule has 1 heterocycles. The lowest BCUT2D eigenvalue weighted by molar-refractivity contribution is -0.137. The number of amides is 1. The minimum Gasteiger partial charge on any atom is -0.336 e. The molecular formula is C21H23F3N2O3S. The van der Waals surface area contributed by atoms with Gasteiger partial charge in [0.05, 0.1) is 10.5 Å². The SMILES string of the molecule is C[C@@H]1CCCCN1C(=O)c1ccc(CNS(=O)(=O)c2cccc(C(F)(F)F)c2)cc1. The fraction of sp³-hybridized carbons (Fsp3) is 0.381. The Bertz CT molecular complexity index is 1000. The zero-order valence-corrected chi connectivity index (χ0v) is 17.3. The Morgan fingerprint density at radius 1 is 1.13 bits per heavy atom. The molecule has 1 fully saturated rings. The van der Waals surface area contributed by atoms with Gasteiger partial charge in [-0.05, 0) is 62.1 Å². The number of benzene rings is 2. The van der Waals surface area contributed by atoms with E-state index in [0.717, 1.165) is 44.0 Å². The van der Waals surface area contributed by atoms with Crippen molar-refractivity contribution in [2.45, 2.75) is 49.8 Å². The molecule has 2 aromatic rings. The summed E-state index contributed by atoms with van der Waals surface area (Å²) in [5, 5.41) is 0. The molecule has 0 saturated carbocycles. The Hall–Kier alpha value is -2.39. The van der Waals surface area contributed by atoms with Gasteiger partial charge in [-0.3, -0.25) is 4.79 Å². The number of nitrogens with one attached hydrogen (secondary N) is 1. The minimum atomic E-state index is -4.63. The Labute approximate surface area is 173 Å². The maximum atomic E-state index is 12.8. The van der Waals surface area contributed by atoms with Gasteiger partial charge in [0.1, 0.15) is 0 Å². The van der Waals surface area contributed by atoms with Gasteiger partial charge in [0.2, 0.25) is 10.0 Å². The summed E-state index contributed by atoms with van der Waals surface area (Å²) in [6, 6.07) is 10.3. The summed E-state index contributed by atoms with van der Waals surface area (Å²) in [7, 11) is -4.12. The van der Waals surface area contributed by atoms with E-state index in [4.69, 9.17) is 0 Å². The summed E-state index contributed by atoms with van der Waals surface area (Å²) in [4.78, 5) is 14.0. The topological polar surface area (TPSA) is 66.5 Å². The van der Waals surface area contributed by atoms with Crippen LogP contribution in [0, 0.1) is 0 Å². The van der Waals surface area contributed by atoms with E-state index < -0.39 is 26.7 Å². The van der Waals surface area contributed by atoms with Crippen molar-refractivity contribution in [2.24, 2.45) is 0 Å². The summed E-state index contributed by atoms with van der Waals surface area (Å²) in [5.74, 6) is -0.0571. The van der Waals surface area contributed by atoms with Gasteiger partial charge in [-0.2, -0.15) is 13.2 Å². The van der Waals surface area contributed by atoms with Gasteiger partial charge in [0.25, 0.3) is 5.91 Å². The molecule has 3 rings (SSSR count). The first-order valence-electron chi connectivity index (χ1n) is 9.65. The van der Waals surface area contributed by atoms with Crippen molar-refractivity contribution < 1.29 is 26.4 Å². The maximum Gasteiger partial charge on any atom is 0.416 e. The third kappa shape index (κ3) is 5.20. The Balaban J connectivity index is 1.67. The predicted octanol–water partition coefficient (Wildman–Crippen LogP) is 4.20. The van der Waals surface area contributed by atoms with Gasteiger partial charge < -0.3 is 4.90 Å². The van der Waals surface area contributed by atoms with Crippen LogP contribution >= 0.6 is 0 Å². The fourth-order valence-corrected chi connectivity index (χ4v) is 4.50. The normalized spacial score (nSPS) is 17.7. The molecule has 1 saturated heterocycles. The van der Waals surface area contributed by atoms with Crippen LogP contribution in [0.15, 0.2) is 53.4 Å². The van der Waals surface area contributed by atoms with Crippen molar-refractivity contribution in [3.8, 4) is 0 Å². The van der Waals surface area contributed by atoms with Gasteiger partial charge >= 0.3 is 6.18 Å². The van der Waals surface area contributed by atoms with Crippen molar-refractivity contribution in [1.29, 1.82) is 0 Å². The van der Waals surface area contributed by atoms with E-state index in [1.807, 2.05) is 11.8 Å². The summed E-state index contributed by atoms with van der Waals surface area (Å²) in [5.41, 5.74) is 0.0854. The standard InChI is InChI=1S/C21H23F3N2O3S/c1-15-5-2-3-12-26(15)20(27)17-10-8-16(9-11-17)14-25-30(28,29)19-7-4-6-18(13-19)21(22,23)24/h4,6-11,13,15,25H,2-3,5,12,14H2,1H3/t15-/m1/s1. The predicted molar refractivity (Wildman–Crippen MR) is 106 cm³/mol. The summed E-state index contributed by atoms with van der Waals surface area (Å²) < 4.78 is 65.5. The third-order valence-electron chi connectivity index (χ3n) is 5.20. The van der Waals surface area contributed by atoms with E-state index in [2.05, 4.69) is 4.72 Å². The van der Waals surface area contributed by atoms with Crippen LogP contribution in [0.25, 0.3) is 0 Å². The number of sulfonamides is 1. The number of carbonyl (C=O) groups is 1. The molecule has 0 unspecified atom stereocenters. The van der Waals surface area contributed by atoms with Gasteiger partial charge in [-0.1, -0.05) is 18.2 Å². The van der Waals surface area contributed by atoms with Crippen LogP contribution in [0.1, 0.15) is 47.7 Å². The number of hydrogen-bond acceptors (Lipinski definition) is 3. The Morgan fingerprint density at radius 2 is 1.83 bits per heavy atom. The number of alkyl halides is 3. The molecule has 1 amide bonds. The number of rotatable bonds is 5. The Morgan fingerprint density at radius 3 is 2.47 bits per heavy atom. The molecular weight excluding hydrogens is 417 g/mol. The molecule has 1 aliphatic rings. The smallest absolute Gasteiger partial charge is 0.336 e. The van der Waals surface area contributed by atoms with E-state index in [0.29, 0.717) is 17.2 Å². The quantitative estimate of drug-likeness (QED) is 0.758. The zero-order chi connectivity index (χ0) is 21.9. The van der Waals surface area contributed by atoms with Crippen LogP contribution in [-0.2, 0) is 22.7 Å². The lowest BCUT2D eigenvalue weighted by atomic mass is 10.0. The molecule has 0 aliphatic carbocycles. The summed E-state index contributed by atoms with van der Waals surface area (Å²) in [6.45, 7) is 2.64. The molecule has 1 atom stereocenters. The number of hydrogen-bond donors (Lipinski definition) is 1. The molecule has 2 aromatic carbocycles. The molecule has 5 nitrogen and oxygen atoms in total. The fourth-order valence-electron chi connectivity index (χ4n) is 3.43. The number of halogens is 3. The highest BCUT2D eigenvalue weighted by Gasteiger charge is 2.31. The van der Waals surface area contributed by atoms with E-state index in [1.54, 1.807) is 24.3 Å². The summed E-state index contributed by atoms with van der Waals surface area (Å²) in [6.07, 6.45) is -1.57. The molecule has 0 aromatic heterocycles. The number of nitrogens with zero attached hydrogens (tertiary/aromatic N) is 1.